The molecule has 0 spiro atoms. The van der Waals surface area contributed by atoms with Crippen LogP contribution in [-0.2, 0) is 15.1 Å². The molecule has 3 aromatic rings. The summed E-state index contributed by atoms with van der Waals surface area (Å²) in [5, 5.41) is 3.35. The number of hydrogen-bond acceptors (Lipinski definition) is 5. The molecule has 0 amide bonds. The van der Waals surface area contributed by atoms with Crippen molar-refractivity contribution >= 4 is 29.6 Å². The predicted octanol–water partition coefficient (Wildman–Crippen LogP) is 4.46. The minimum Gasteiger partial charge on any atom is -0.387 e. The average Bonchev–Trinajstić information content (AvgIpc) is 3.11. The maximum atomic E-state index is 13.2. The van der Waals surface area contributed by atoms with E-state index >= 15 is 0 Å². The molecular formula is C21H18N2O3S. The lowest BCUT2D eigenvalue weighted by Crippen LogP contribution is -2.45. The fraction of sp³-hybridized carbons (Fsp3) is 0.143. The minimum absolute atomic E-state index is 0.343. The smallest absolute Gasteiger partial charge is 0.345 e. The molecule has 4 rings (SSSR count). The van der Waals surface area contributed by atoms with Crippen LogP contribution in [0.15, 0.2) is 77.8 Å². The summed E-state index contributed by atoms with van der Waals surface area (Å²) in [5.41, 5.74) is 0.762. The molecule has 6 heteroatoms. The van der Waals surface area contributed by atoms with Crippen molar-refractivity contribution in [3.63, 3.8) is 0 Å². The van der Waals surface area contributed by atoms with Crippen molar-refractivity contribution < 1.29 is 14.3 Å². The van der Waals surface area contributed by atoms with Gasteiger partial charge < -0.3 is 10.1 Å². The van der Waals surface area contributed by atoms with E-state index in [1.165, 1.54) is 11.9 Å². The number of hydrogen-bond donors (Lipinski definition) is 1. The molecule has 0 aliphatic carbocycles. The summed E-state index contributed by atoms with van der Waals surface area (Å²) >= 11 is 1.52. The van der Waals surface area contributed by atoms with Gasteiger partial charge in [-0.1, -0.05) is 37.3 Å². The summed E-state index contributed by atoms with van der Waals surface area (Å²) < 4.78 is 7.25. The van der Waals surface area contributed by atoms with Crippen LogP contribution in [-0.4, -0.2) is 15.9 Å². The summed E-state index contributed by atoms with van der Waals surface area (Å²) in [7, 11) is 0. The third kappa shape index (κ3) is 3.02. The van der Waals surface area contributed by atoms with Crippen LogP contribution in [0, 0.1) is 0 Å². The highest BCUT2D eigenvalue weighted by molar-refractivity contribution is 7.98. The maximum Gasteiger partial charge on any atom is 0.345 e. The fourth-order valence-corrected chi connectivity index (χ4v) is 4.21. The third-order valence-corrected chi connectivity index (χ3v) is 5.72. The molecule has 2 aromatic carbocycles. The Morgan fingerprint density at radius 1 is 1.04 bits per heavy atom. The second kappa shape index (κ2) is 6.96. The Balaban J connectivity index is 1.74. The van der Waals surface area contributed by atoms with Gasteiger partial charge in [0.15, 0.2) is 5.54 Å². The molecule has 2 heterocycles. The first-order valence-electron chi connectivity index (χ1n) is 8.69. The van der Waals surface area contributed by atoms with Crippen molar-refractivity contribution in [1.82, 2.24) is 3.97 Å². The quantitative estimate of drug-likeness (QED) is 0.539. The van der Waals surface area contributed by atoms with Crippen molar-refractivity contribution in [2.75, 3.05) is 5.32 Å². The van der Waals surface area contributed by atoms with Gasteiger partial charge in [-0.25, -0.2) is 9.59 Å². The summed E-state index contributed by atoms with van der Waals surface area (Å²) in [6, 6.07) is 20.1. The Hall–Kier alpha value is -2.99. The van der Waals surface area contributed by atoms with Gasteiger partial charge in [0.1, 0.15) is 0 Å². The van der Waals surface area contributed by atoms with Gasteiger partial charge in [0.2, 0.25) is 0 Å². The zero-order chi connectivity index (χ0) is 18.9. The van der Waals surface area contributed by atoms with E-state index in [1.54, 1.807) is 30.3 Å². The Kier molecular flexibility index (Phi) is 4.49. The standard InChI is InChI=1S/C21H18N2O3S/c1-2-21(20(25)26-19(24)15-9-4-3-5-10-15)18-13-8-14-23(18)27-17-12-7-6-11-16(17)22-21/h3-14,22H,2H2,1H3. The number of anilines is 1. The van der Waals surface area contributed by atoms with Crippen LogP contribution in [0.25, 0.3) is 0 Å². The number of benzene rings is 2. The number of carbonyl (C=O) groups is 2. The SMILES string of the molecule is CCC1(C(=O)OC(=O)c2ccccc2)Nc2ccccc2Sn2cccc21. The Labute approximate surface area is 161 Å². The molecule has 1 atom stereocenters. The van der Waals surface area contributed by atoms with E-state index in [0.717, 1.165) is 16.3 Å². The van der Waals surface area contributed by atoms with Crippen LogP contribution in [0.3, 0.4) is 0 Å². The number of rotatable bonds is 3. The maximum absolute atomic E-state index is 13.2. The van der Waals surface area contributed by atoms with E-state index in [-0.39, 0.29) is 0 Å². The van der Waals surface area contributed by atoms with E-state index in [0.29, 0.717) is 12.0 Å². The average molecular weight is 378 g/mol. The number of carbonyl (C=O) groups excluding carboxylic acids is 2. The molecule has 0 bridgehead atoms. The lowest BCUT2D eigenvalue weighted by Gasteiger charge is -2.31. The minimum atomic E-state index is -1.16. The molecule has 5 nitrogen and oxygen atoms in total. The van der Waals surface area contributed by atoms with E-state index in [4.69, 9.17) is 4.74 Å². The Bertz CT molecular complexity index is 999. The lowest BCUT2D eigenvalue weighted by atomic mass is 9.91. The van der Waals surface area contributed by atoms with Gasteiger partial charge in [0.25, 0.3) is 0 Å². The van der Waals surface area contributed by atoms with Gasteiger partial charge in [-0.05, 0) is 54.8 Å². The highest BCUT2D eigenvalue weighted by Crippen LogP contribution is 2.42. The highest BCUT2D eigenvalue weighted by Gasteiger charge is 2.45. The fourth-order valence-electron chi connectivity index (χ4n) is 3.20. The topological polar surface area (TPSA) is 60.3 Å². The van der Waals surface area contributed by atoms with Gasteiger partial charge in [-0.2, -0.15) is 0 Å². The second-order valence-electron chi connectivity index (χ2n) is 6.23. The number of esters is 2. The van der Waals surface area contributed by atoms with Gasteiger partial charge in [-0.3, -0.25) is 3.97 Å². The van der Waals surface area contributed by atoms with Crippen LogP contribution >= 0.6 is 11.9 Å². The molecular weight excluding hydrogens is 360 g/mol. The van der Waals surface area contributed by atoms with Gasteiger partial charge in [0.05, 0.1) is 21.8 Å². The first-order valence-corrected chi connectivity index (χ1v) is 9.46. The van der Waals surface area contributed by atoms with Crippen LogP contribution in [0.4, 0.5) is 5.69 Å². The van der Waals surface area contributed by atoms with Crippen molar-refractivity contribution in [3.8, 4) is 0 Å². The van der Waals surface area contributed by atoms with Gasteiger partial charge in [0, 0.05) is 6.20 Å². The summed E-state index contributed by atoms with van der Waals surface area (Å²) in [6.07, 6.45) is 2.33. The Morgan fingerprint density at radius 2 is 1.78 bits per heavy atom. The monoisotopic (exact) mass is 378 g/mol. The molecule has 1 aromatic heterocycles. The van der Waals surface area contributed by atoms with Crippen LogP contribution < -0.4 is 5.32 Å². The molecule has 0 fully saturated rings. The summed E-state index contributed by atoms with van der Waals surface area (Å²) in [6.45, 7) is 1.90. The number of para-hydroxylation sites is 1. The zero-order valence-electron chi connectivity index (χ0n) is 14.7. The van der Waals surface area contributed by atoms with Gasteiger partial charge in [-0.15, -0.1) is 0 Å². The van der Waals surface area contributed by atoms with E-state index in [2.05, 4.69) is 5.32 Å². The van der Waals surface area contributed by atoms with Gasteiger partial charge >= 0.3 is 11.9 Å². The Morgan fingerprint density at radius 3 is 2.56 bits per heavy atom. The molecule has 1 aliphatic heterocycles. The van der Waals surface area contributed by atoms with Crippen molar-refractivity contribution in [2.45, 2.75) is 23.8 Å². The molecule has 0 saturated carbocycles. The number of aromatic nitrogens is 1. The van der Waals surface area contributed by atoms with E-state index in [1.807, 2.05) is 53.5 Å². The first-order chi connectivity index (χ1) is 13.1. The van der Waals surface area contributed by atoms with Crippen LogP contribution in [0.1, 0.15) is 29.4 Å². The molecule has 27 heavy (non-hydrogen) atoms. The highest BCUT2D eigenvalue weighted by atomic mass is 32.2. The number of nitrogens with zero attached hydrogens (tertiary/aromatic N) is 1. The molecule has 0 radical (unpaired) electrons. The molecule has 136 valence electrons. The molecule has 1 N–H and O–H groups in total. The molecule has 1 unspecified atom stereocenters. The summed E-state index contributed by atoms with van der Waals surface area (Å²) in [5.74, 6) is -1.27. The molecule has 1 aliphatic rings. The predicted molar refractivity (Wildman–Crippen MR) is 105 cm³/mol. The zero-order valence-corrected chi connectivity index (χ0v) is 15.5. The number of ether oxygens (including phenoxy) is 1. The lowest BCUT2D eigenvalue weighted by molar-refractivity contribution is -0.143. The second-order valence-corrected chi connectivity index (χ2v) is 7.25. The van der Waals surface area contributed by atoms with Crippen LogP contribution in [0.2, 0.25) is 0 Å². The van der Waals surface area contributed by atoms with Crippen molar-refractivity contribution in [3.05, 3.63) is 84.2 Å². The molecule has 0 saturated heterocycles. The van der Waals surface area contributed by atoms with Crippen LogP contribution in [0.5, 0.6) is 0 Å². The first kappa shape index (κ1) is 17.4. The van der Waals surface area contributed by atoms with Crippen molar-refractivity contribution in [2.24, 2.45) is 0 Å². The number of nitrogens with one attached hydrogen (secondary N) is 1. The van der Waals surface area contributed by atoms with E-state index in [9.17, 15) is 9.59 Å². The summed E-state index contributed by atoms with van der Waals surface area (Å²) in [4.78, 5) is 26.7. The largest absolute Gasteiger partial charge is 0.387 e. The normalized spacial score (nSPS) is 17.8. The van der Waals surface area contributed by atoms with E-state index < -0.39 is 17.5 Å². The van der Waals surface area contributed by atoms with Crippen molar-refractivity contribution in [1.29, 1.82) is 0 Å². The number of fused-ring (bicyclic) bond motifs is 2. The third-order valence-electron chi connectivity index (χ3n) is 4.66.